The van der Waals surface area contributed by atoms with E-state index >= 15 is 0 Å². The Hall–Kier alpha value is -6.00. The minimum atomic E-state index is -0.725. The van der Waals surface area contributed by atoms with Crippen molar-refractivity contribution in [2.45, 2.75) is 58.5 Å². The first-order valence-corrected chi connectivity index (χ1v) is 20.8. The lowest BCUT2D eigenvalue weighted by Gasteiger charge is -2.21. The molecule has 3 N–H and O–H groups in total. The number of hydrogen-bond donors (Lipinski definition) is 3. The number of rotatable bonds is 9. The summed E-state index contributed by atoms with van der Waals surface area (Å²) in [5.74, 6) is 1.77. The molecule has 0 spiro atoms. The third-order valence-electron chi connectivity index (χ3n) is 11.1. The molecule has 0 amide bonds. The monoisotopic (exact) mass is 816 g/mol. The van der Waals surface area contributed by atoms with Gasteiger partial charge in [-0.05, 0) is 103 Å². The van der Waals surface area contributed by atoms with Crippen molar-refractivity contribution in [1.82, 2.24) is 19.9 Å². The second kappa shape index (κ2) is 15.7. The fourth-order valence-electron chi connectivity index (χ4n) is 8.15. The van der Waals surface area contributed by atoms with Crippen molar-refractivity contribution in [1.29, 1.82) is 0 Å². The molecule has 296 valence electrons. The number of aliphatic imine (C=N–C) groups is 2. The molecule has 10 rings (SSSR count). The van der Waals surface area contributed by atoms with Gasteiger partial charge in [0.2, 0.25) is 0 Å². The molecule has 0 saturated heterocycles. The highest BCUT2D eigenvalue weighted by Crippen LogP contribution is 2.43. The number of carbonyl (C=O) groups is 2. The molecule has 6 aromatic rings. The van der Waals surface area contributed by atoms with Crippen molar-refractivity contribution < 1.29 is 28.9 Å². The van der Waals surface area contributed by atoms with E-state index in [4.69, 9.17) is 14.2 Å². The summed E-state index contributed by atoms with van der Waals surface area (Å²) < 4.78 is 16.4. The van der Waals surface area contributed by atoms with Crippen LogP contribution in [0.3, 0.4) is 0 Å². The van der Waals surface area contributed by atoms with Gasteiger partial charge in [0, 0.05) is 22.2 Å². The molecule has 0 radical (unpaired) electrons. The molecule has 2 atom stereocenters. The number of anilines is 4. The number of carboxylic acids is 1. The number of nitrogens with one attached hydrogen (secondary N) is 2. The van der Waals surface area contributed by atoms with Crippen LogP contribution in [-0.2, 0) is 53.1 Å². The quantitative estimate of drug-likeness (QED) is 0.122. The van der Waals surface area contributed by atoms with Gasteiger partial charge >= 0.3 is 11.9 Å². The summed E-state index contributed by atoms with van der Waals surface area (Å²) in [5, 5.41) is 18.3. The SMILES string of the molecule is CCOC(=O)[C@H]1CCc2c(sc3ncnc(Nc4cc5c(cc4OC)CN=C5)c23)C1.COc1cc2c(cc1Nc1ncnc3sc4c(c13)CC[C@H](C(=O)O)C4)C=NC2. The molecule has 2 aromatic carbocycles. The van der Waals surface area contributed by atoms with Gasteiger partial charge < -0.3 is 30.0 Å². The number of carboxylic acid groups (broad SMARTS) is 1. The van der Waals surface area contributed by atoms with Crippen molar-refractivity contribution in [3.05, 3.63) is 80.1 Å². The predicted molar refractivity (Wildman–Crippen MR) is 225 cm³/mol. The number of fused-ring (bicyclic) bond motifs is 8. The van der Waals surface area contributed by atoms with Gasteiger partial charge in [-0.2, -0.15) is 0 Å². The highest BCUT2D eigenvalue weighted by atomic mass is 32.1. The molecule has 4 aliphatic rings. The number of ether oxygens (including phenoxy) is 3. The van der Waals surface area contributed by atoms with Crippen LogP contribution in [0.5, 0.6) is 11.5 Å². The number of aliphatic carboxylic acids is 1. The van der Waals surface area contributed by atoms with Gasteiger partial charge in [-0.1, -0.05) is 0 Å². The van der Waals surface area contributed by atoms with E-state index < -0.39 is 5.97 Å². The molecule has 2 aliphatic carbocycles. The zero-order valence-electron chi connectivity index (χ0n) is 32.1. The van der Waals surface area contributed by atoms with E-state index in [-0.39, 0.29) is 17.8 Å². The average molecular weight is 817 g/mol. The van der Waals surface area contributed by atoms with Gasteiger partial charge in [0.15, 0.2) is 0 Å². The zero-order valence-corrected chi connectivity index (χ0v) is 33.8. The maximum Gasteiger partial charge on any atom is 0.309 e. The van der Waals surface area contributed by atoms with Crippen LogP contribution < -0.4 is 20.1 Å². The standard InChI is InChI=1S/C22H22N4O3S.C20H18N4O3S/c1-3-29-22(27)12-4-5-15-18(8-12)30-21-19(15)20(24-11-25-21)26-16-6-13-9-23-10-14(13)7-17(16)28-2;1-27-15-5-12-8-21-7-11(12)4-14(15)24-18-17-13-3-2-10(20(25)26)6-16(13)28-19(17)23-9-22-18/h6-7,9,11-12H,3-5,8,10H2,1-2H3,(H,24,25,26);4-5,7,9-10H,2-3,6,8H2,1H3,(H,25,26)(H,22,23,24)/t12-;10-/m00/s1. The second-order valence-corrected chi connectivity index (χ2v) is 16.6. The van der Waals surface area contributed by atoms with E-state index in [2.05, 4.69) is 40.6 Å². The van der Waals surface area contributed by atoms with Crippen LogP contribution in [0.2, 0.25) is 0 Å². The molecular formula is C42H40N8O6S2. The number of thiophene rings is 2. The third-order valence-corrected chi connectivity index (χ3v) is 13.4. The molecule has 14 nitrogen and oxygen atoms in total. The highest BCUT2D eigenvalue weighted by molar-refractivity contribution is 7.19. The van der Waals surface area contributed by atoms with Crippen molar-refractivity contribution in [2.24, 2.45) is 21.8 Å². The average Bonchev–Trinajstić information content (AvgIpc) is 4.04. The lowest BCUT2D eigenvalue weighted by molar-refractivity contribution is -0.148. The number of hydrogen-bond acceptors (Lipinski definition) is 15. The van der Waals surface area contributed by atoms with Gasteiger partial charge in [-0.3, -0.25) is 19.6 Å². The van der Waals surface area contributed by atoms with E-state index in [0.717, 1.165) is 101 Å². The smallest absolute Gasteiger partial charge is 0.309 e. The van der Waals surface area contributed by atoms with Gasteiger partial charge in [0.1, 0.15) is 45.5 Å². The molecule has 16 heteroatoms. The first-order chi connectivity index (χ1) is 28.3. The van der Waals surface area contributed by atoms with E-state index in [1.54, 1.807) is 49.5 Å². The summed E-state index contributed by atoms with van der Waals surface area (Å²) in [6, 6.07) is 8.10. The van der Waals surface area contributed by atoms with E-state index in [0.29, 0.717) is 39.0 Å². The van der Waals surface area contributed by atoms with Gasteiger partial charge in [0.25, 0.3) is 0 Å². The Bertz CT molecular complexity index is 2670. The Labute approximate surface area is 341 Å². The molecule has 6 heterocycles. The van der Waals surface area contributed by atoms with Crippen molar-refractivity contribution in [3.63, 3.8) is 0 Å². The highest BCUT2D eigenvalue weighted by Gasteiger charge is 2.31. The lowest BCUT2D eigenvalue weighted by Crippen LogP contribution is -2.23. The van der Waals surface area contributed by atoms with Gasteiger partial charge in [0.05, 0.1) is 67.9 Å². The van der Waals surface area contributed by atoms with Crippen molar-refractivity contribution in [2.75, 3.05) is 31.5 Å². The summed E-state index contributed by atoms with van der Waals surface area (Å²) in [6.45, 7) is 3.62. The largest absolute Gasteiger partial charge is 0.495 e. The number of benzene rings is 2. The van der Waals surface area contributed by atoms with E-state index in [9.17, 15) is 14.7 Å². The van der Waals surface area contributed by atoms with Gasteiger partial charge in [-0.25, -0.2) is 19.9 Å². The molecular weight excluding hydrogens is 777 g/mol. The summed E-state index contributed by atoms with van der Waals surface area (Å²) in [5.41, 5.74) is 8.55. The van der Waals surface area contributed by atoms with Crippen LogP contribution in [0.4, 0.5) is 23.0 Å². The Kier molecular flexibility index (Phi) is 10.2. The number of aryl methyl sites for hydroxylation is 2. The first-order valence-electron chi connectivity index (χ1n) is 19.2. The van der Waals surface area contributed by atoms with E-state index in [1.807, 2.05) is 43.6 Å². The normalized spacial score (nSPS) is 17.2. The molecule has 2 aliphatic heterocycles. The topological polar surface area (TPSA) is 182 Å². The Morgan fingerprint density at radius 2 is 1.24 bits per heavy atom. The molecule has 0 saturated carbocycles. The number of aromatic nitrogens is 4. The van der Waals surface area contributed by atoms with Crippen LogP contribution in [-0.4, -0.2) is 70.2 Å². The number of methoxy groups -OCH3 is 2. The predicted octanol–water partition coefficient (Wildman–Crippen LogP) is 7.61. The molecule has 58 heavy (non-hydrogen) atoms. The van der Waals surface area contributed by atoms with Crippen molar-refractivity contribution >= 4 is 90.5 Å². The second-order valence-electron chi connectivity index (χ2n) is 14.5. The molecule has 4 aromatic heterocycles. The fourth-order valence-corrected chi connectivity index (χ4v) is 10.7. The summed E-state index contributed by atoms with van der Waals surface area (Å²) in [6.07, 6.45) is 11.1. The summed E-state index contributed by atoms with van der Waals surface area (Å²) in [4.78, 5) is 54.3. The van der Waals surface area contributed by atoms with Crippen LogP contribution in [0, 0.1) is 11.8 Å². The van der Waals surface area contributed by atoms with Crippen LogP contribution in [0.15, 0.2) is 46.9 Å². The number of esters is 1. The zero-order chi connectivity index (χ0) is 39.9. The number of carbonyl (C=O) groups excluding carboxylic acids is 1. The molecule has 0 bridgehead atoms. The van der Waals surface area contributed by atoms with Gasteiger partial charge in [-0.15, -0.1) is 22.7 Å². The third kappa shape index (κ3) is 7.00. The minimum absolute atomic E-state index is 0.0778. The minimum Gasteiger partial charge on any atom is -0.495 e. The Morgan fingerprint density at radius 3 is 1.72 bits per heavy atom. The van der Waals surface area contributed by atoms with Crippen LogP contribution in [0.25, 0.3) is 20.4 Å². The summed E-state index contributed by atoms with van der Waals surface area (Å²) in [7, 11) is 3.32. The Morgan fingerprint density at radius 1 is 0.741 bits per heavy atom. The fraction of sp³-hybridized carbons (Fsp3) is 0.333. The Balaban J connectivity index is 0.000000151. The van der Waals surface area contributed by atoms with Crippen molar-refractivity contribution in [3.8, 4) is 11.5 Å². The van der Waals surface area contributed by atoms with E-state index in [1.165, 1.54) is 16.0 Å². The molecule has 0 fully saturated rings. The lowest BCUT2D eigenvalue weighted by atomic mass is 9.88. The summed E-state index contributed by atoms with van der Waals surface area (Å²) >= 11 is 3.21. The number of nitrogens with zero attached hydrogens (tertiary/aromatic N) is 6. The molecule has 0 unspecified atom stereocenters. The maximum atomic E-state index is 12.2. The van der Waals surface area contributed by atoms with Crippen LogP contribution in [0.1, 0.15) is 62.9 Å². The maximum absolute atomic E-state index is 12.2. The van der Waals surface area contributed by atoms with Crippen LogP contribution >= 0.6 is 22.7 Å². The first kappa shape index (κ1) is 37.6.